The molecule has 20 heavy (non-hydrogen) atoms. The van der Waals surface area contributed by atoms with Crippen molar-refractivity contribution >= 4 is 5.97 Å². The zero-order chi connectivity index (χ0) is 14.6. The van der Waals surface area contributed by atoms with Crippen LogP contribution in [0.25, 0.3) is 0 Å². The Morgan fingerprint density at radius 1 is 1.20 bits per heavy atom. The van der Waals surface area contributed by atoms with E-state index in [1.165, 1.54) is 12.7 Å². The highest BCUT2D eigenvalue weighted by Gasteiger charge is 1.98. The smallest absolute Gasteiger partial charge is 0.305 e. The number of ether oxygens (including phenoxy) is 1. The van der Waals surface area contributed by atoms with Gasteiger partial charge >= 0.3 is 5.97 Å². The fraction of sp³-hybridized carbons (Fsp3) is 0.471. The van der Waals surface area contributed by atoms with Gasteiger partial charge in [-0.1, -0.05) is 42.8 Å². The Morgan fingerprint density at radius 3 is 2.65 bits per heavy atom. The minimum atomic E-state index is -0.108. The second-order valence-corrected chi connectivity index (χ2v) is 4.96. The summed E-state index contributed by atoms with van der Waals surface area (Å²) in [4.78, 5) is 13.1. The molecule has 1 rings (SSSR count). The summed E-state index contributed by atoms with van der Waals surface area (Å²) in [6.45, 7) is 0.930. The van der Waals surface area contributed by atoms with Crippen LogP contribution in [-0.2, 0) is 16.1 Å². The lowest BCUT2D eigenvalue weighted by atomic mass is 10.1. The van der Waals surface area contributed by atoms with Gasteiger partial charge in [0.05, 0.1) is 7.11 Å². The Bertz CT molecular complexity index is 401. The fourth-order valence-electron chi connectivity index (χ4n) is 1.99. The monoisotopic (exact) mass is 275 g/mol. The van der Waals surface area contributed by atoms with Crippen molar-refractivity contribution in [1.29, 1.82) is 0 Å². The molecule has 0 N–H and O–H groups in total. The van der Waals surface area contributed by atoms with Gasteiger partial charge in [-0.05, 0) is 31.0 Å². The lowest BCUT2D eigenvalue weighted by Gasteiger charge is -2.13. The SMILES string of the molecule is COC(=O)CCCCC/C=C/N(C)Cc1ccccc1. The van der Waals surface area contributed by atoms with Crippen LogP contribution in [0.1, 0.15) is 37.7 Å². The van der Waals surface area contributed by atoms with Crippen molar-refractivity contribution in [3.8, 4) is 0 Å². The summed E-state index contributed by atoms with van der Waals surface area (Å²) in [6.07, 6.45) is 9.03. The van der Waals surface area contributed by atoms with Gasteiger partial charge in [0.25, 0.3) is 0 Å². The molecule has 1 aromatic carbocycles. The molecule has 0 saturated carbocycles. The molecule has 0 spiro atoms. The first-order chi connectivity index (χ1) is 9.72. The van der Waals surface area contributed by atoms with E-state index in [4.69, 9.17) is 0 Å². The Balaban J connectivity index is 2.07. The first-order valence-corrected chi connectivity index (χ1v) is 7.20. The van der Waals surface area contributed by atoms with Gasteiger partial charge in [0.15, 0.2) is 0 Å². The van der Waals surface area contributed by atoms with Crippen molar-refractivity contribution in [1.82, 2.24) is 4.90 Å². The number of hydrogen-bond donors (Lipinski definition) is 0. The number of nitrogens with zero attached hydrogens (tertiary/aromatic N) is 1. The molecule has 3 heteroatoms. The zero-order valence-corrected chi connectivity index (χ0v) is 12.5. The number of allylic oxidation sites excluding steroid dienone is 1. The summed E-state index contributed by atoms with van der Waals surface area (Å²) in [6, 6.07) is 10.4. The topological polar surface area (TPSA) is 29.5 Å². The third-order valence-electron chi connectivity index (χ3n) is 3.11. The summed E-state index contributed by atoms with van der Waals surface area (Å²) >= 11 is 0. The number of unbranched alkanes of at least 4 members (excludes halogenated alkanes) is 3. The summed E-state index contributed by atoms with van der Waals surface area (Å²) in [5, 5.41) is 0. The van der Waals surface area contributed by atoms with Crippen LogP contribution in [0.5, 0.6) is 0 Å². The van der Waals surface area contributed by atoms with Gasteiger partial charge in [-0.2, -0.15) is 0 Å². The Hall–Kier alpha value is -1.77. The molecule has 3 nitrogen and oxygen atoms in total. The van der Waals surface area contributed by atoms with Crippen molar-refractivity contribution < 1.29 is 9.53 Å². The van der Waals surface area contributed by atoms with Crippen LogP contribution >= 0.6 is 0 Å². The van der Waals surface area contributed by atoms with Crippen LogP contribution < -0.4 is 0 Å². The minimum Gasteiger partial charge on any atom is -0.469 e. The van der Waals surface area contributed by atoms with E-state index in [1.807, 2.05) is 6.07 Å². The number of benzene rings is 1. The number of esters is 1. The van der Waals surface area contributed by atoms with Gasteiger partial charge in [-0.25, -0.2) is 0 Å². The molecular formula is C17H25NO2. The number of methoxy groups -OCH3 is 1. The van der Waals surface area contributed by atoms with E-state index < -0.39 is 0 Å². The zero-order valence-electron chi connectivity index (χ0n) is 12.5. The van der Waals surface area contributed by atoms with Crippen LogP contribution in [-0.4, -0.2) is 25.0 Å². The summed E-state index contributed by atoms with van der Waals surface area (Å²) in [5.74, 6) is -0.108. The predicted molar refractivity (Wildman–Crippen MR) is 82.2 cm³/mol. The van der Waals surface area contributed by atoms with Crippen molar-refractivity contribution in [2.75, 3.05) is 14.2 Å². The van der Waals surface area contributed by atoms with E-state index in [1.54, 1.807) is 0 Å². The molecule has 0 saturated heterocycles. The normalized spacial score (nSPS) is 10.7. The van der Waals surface area contributed by atoms with Gasteiger partial charge in [-0.3, -0.25) is 4.79 Å². The average Bonchev–Trinajstić information content (AvgIpc) is 2.47. The van der Waals surface area contributed by atoms with E-state index >= 15 is 0 Å². The summed E-state index contributed by atoms with van der Waals surface area (Å²) in [5.41, 5.74) is 1.32. The standard InChI is InChI=1S/C17H25NO2/c1-18(15-16-11-7-6-8-12-16)14-10-5-3-4-9-13-17(19)20-2/h6-8,10-12,14H,3-5,9,13,15H2,1-2H3/b14-10+. The lowest BCUT2D eigenvalue weighted by Crippen LogP contribution is -2.09. The number of rotatable bonds is 9. The van der Waals surface area contributed by atoms with Crippen LogP contribution in [0.2, 0.25) is 0 Å². The van der Waals surface area contributed by atoms with E-state index in [9.17, 15) is 4.79 Å². The van der Waals surface area contributed by atoms with E-state index in [-0.39, 0.29) is 5.97 Å². The maximum atomic E-state index is 10.9. The summed E-state index contributed by atoms with van der Waals surface area (Å²) in [7, 11) is 3.52. The largest absolute Gasteiger partial charge is 0.469 e. The Kier molecular flexibility index (Phi) is 8.20. The quantitative estimate of drug-likeness (QED) is 0.507. The highest BCUT2D eigenvalue weighted by atomic mass is 16.5. The summed E-state index contributed by atoms with van der Waals surface area (Å²) < 4.78 is 4.61. The van der Waals surface area contributed by atoms with Gasteiger partial charge < -0.3 is 9.64 Å². The third kappa shape index (κ3) is 7.62. The number of hydrogen-bond acceptors (Lipinski definition) is 3. The van der Waals surface area contributed by atoms with Crippen molar-refractivity contribution in [3.05, 3.63) is 48.2 Å². The second kappa shape index (κ2) is 10.1. The predicted octanol–water partition coefficient (Wildman–Crippen LogP) is 3.76. The molecule has 0 amide bonds. The van der Waals surface area contributed by atoms with E-state index in [0.717, 1.165) is 32.2 Å². The van der Waals surface area contributed by atoms with Gasteiger partial charge in [0.2, 0.25) is 0 Å². The minimum absolute atomic E-state index is 0.108. The molecule has 0 atom stereocenters. The molecule has 0 aliphatic heterocycles. The van der Waals surface area contributed by atoms with Gasteiger partial charge in [0.1, 0.15) is 0 Å². The van der Waals surface area contributed by atoms with Crippen molar-refractivity contribution in [3.63, 3.8) is 0 Å². The highest BCUT2D eigenvalue weighted by Crippen LogP contribution is 2.06. The van der Waals surface area contributed by atoms with E-state index in [0.29, 0.717) is 6.42 Å². The molecule has 0 heterocycles. The molecule has 0 aromatic heterocycles. The molecule has 0 aliphatic rings. The third-order valence-corrected chi connectivity index (χ3v) is 3.11. The molecule has 0 unspecified atom stereocenters. The first-order valence-electron chi connectivity index (χ1n) is 7.20. The Labute approximate surface area is 122 Å². The van der Waals surface area contributed by atoms with Gasteiger partial charge in [-0.15, -0.1) is 0 Å². The number of carbonyl (C=O) groups is 1. The molecule has 0 radical (unpaired) electrons. The molecule has 0 bridgehead atoms. The molecule has 0 fully saturated rings. The van der Waals surface area contributed by atoms with Crippen LogP contribution in [0, 0.1) is 0 Å². The lowest BCUT2D eigenvalue weighted by molar-refractivity contribution is -0.140. The first kappa shape index (κ1) is 16.3. The number of carbonyl (C=O) groups excluding carboxylic acids is 1. The van der Waals surface area contributed by atoms with Gasteiger partial charge in [0, 0.05) is 20.0 Å². The van der Waals surface area contributed by atoms with Crippen molar-refractivity contribution in [2.45, 2.75) is 38.6 Å². The van der Waals surface area contributed by atoms with Crippen LogP contribution in [0.3, 0.4) is 0 Å². The second-order valence-electron chi connectivity index (χ2n) is 4.96. The van der Waals surface area contributed by atoms with Crippen molar-refractivity contribution in [2.24, 2.45) is 0 Å². The highest BCUT2D eigenvalue weighted by molar-refractivity contribution is 5.68. The molecule has 1 aromatic rings. The molecule has 110 valence electrons. The molecular weight excluding hydrogens is 250 g/mol. The van der Waals surface area contributed by atoms with E-state index in [2.05, 4.69) is 53.2 Å². The average molecular weight is 275 g/mol. The maximum absolute atomic E-state index is 10.9. The van der Waals surface area contributed by atoms with Crippen LogP contribution in [0.15, 0.2) is 42.6 Å². The van der Waals surface area contributed by atoms with Crippen LogP contribution in [0.4, 0.5) is 0 Å². The Morgan fingerprint density at radius 2 is 1.95 bits per heavy atom. The maximum Gasteiger partial charge on any atom is 0.305 e. The molecule has 0 aliphatic carbocycles. The fourth-order valence-corrected chi connectivity index (χ4v) is 1.99.